The zero-order chi connectivity index (χ0) is 10.7. The molecule has 0 bridgehead atoms. The van der Waals surface area contributed by atoms with E-state index in [1.807, 2.05) is 19.1 Å². The quantitative estimate of drug-likeness (QED) is 0.815. The molecule has 14 heavy (non-hydrogen) atoms. The molecule has 0 heterocycles. The lowest BCUT2D eigenvalue weighted by molar-refractivity contribution is -0.138. The van der Waals surface area contributed by atoms with E-state index in [1.54, 1.807) is 12.1 Å². The van der Waals surface area contributed by atoms with Crippen LogP contribution in [0.5, 0.6) is 0 Å². The van der Waals surface area contributed by atoms with Crippen molar-refractivity contribution >= 4 is 21.9 Å². The number of benzene rings is 1. The molecule has 0 aliphatic rings. The zero-order valence-electron chi connectivity index (χ0n) is 7.64. The van der Waals surface area contributed by atoms with E-state index in [1.165, 1.54) is 0 Å². The Kier molecular flexibility index (Phi) is 3.66. The van der Waals surface area contributed by atoms with Crippen LogP contribution in [0.1, 0.15) is 17.2 Å². The summed E-state index contributed by atoms with van der Waals surface area (Å²) in [4.78, 5) is 9.61. The van der Waals surface area contributed by atoms with E-state index in [0.717, 1.165) is 5.56 Å². The summed E-state index contributed by atoms with van der Waals surface area (Å²) in [5.74, 6) is -1.07. The van der Waals surface area contributed by atoms with E-state index in [2.05, 4.69) is 15.9 Å². The van der Waals surface area contributed by atoms with Gasteiger partial charge in [0, 0.05) is 0 Å². The van der Waals surface area contributed by atoms with Gasteiger partial charge in [0.1, 0.15) is 10.9 Å². The SMILES string of the molecule is Cc1ccc(C(O)C(Br)C(=O)O)cc1. The Balaban J connectivity index is 2.84. The Hall–Kier alpha value is -0.870. The maximum Gasteiger partial charge on any atom is 0.320 e. The zero-order valence-corrected chi connectivity index (χ0v) is 9.23. The molecule has 0 aliphatic heterocycles. The summed E-state index contributed by atoms with van der Waals surface area (Å²) in [5.41, 5.74) is 1.67. The summed E-state index contributed by atoms with van der Waals surface area (Å²) in [7, 11) is 0. The predicted octanol–water partition coefficient (Wildman–Crippen LogP) is 1.88. The van der Waals surface area contributed by atoms with Gasteiger partial charge in [0.05, 0.1) is 0 Å². The van der Waals surface area contributed by atoms with E-state index in [9.17, 15) is 9.90 Å². The van der Waals surface area contributed by atoms with Crippen molar-refractivity contribution in [1.29, 1.82) is 0 Å². The molecule has 0 aliphatic carbocycles. The second-order valence-electron chi connectivity index (χ2n) is 3.10. The highest BCUT2D eigenvalue weighted by atomic mass is 79.9. The van der Waals surface area contributed by atoms with Gasteiger partial charge in [0.15, 0.2) is 0 Å². The van der Waals surface area contributed by atoms with E-state index in [-0.39, 0.29) is 0 Å². The van der Waals surface area contributed by atoms with Crippen molar-refractivity contribution < 1.29 is 15.0 Å². The summed E-state index contributed by atoms with van der Waals surface area (Å²) >= 11 is 2.91. The monoisotopic (exact) mass is 258 g/mol. The number of aliphatic hydroxyl groups is 1. The van der Waals surface area contributed by atoms with Gasteiger partial charge in [-0.05, 0) is 12.5 Å². The van der Waals surface area contributed by atoms with Gasteiger partial charge in [0.2, 0.25) is 0 Å². The fourth-order valence-electron chi connectivity index (χ4n) is 1.07. The van der Waals surface area contributed by atoms with Crippen molar-refractivity contribution in [2.45, 2.75) is 17.9 Å². The highest BCUT2D eigenvalue weighted by Crippen LogP contribution is 2.22. The molecule has 4 heteroatoms. The molecule has 1 aromatic rings. The average Bonchev–Trinajstić information content (AvgIpc) is 2.16. The number of carboxylic acid groups (broad SMARTS) is 1. The van der Waals surface area contributed by atoms with Crippen LogP contribution in [0.4, 0.5) is 0 Å². The third-order valence-corrected chi connectivity index (χ3v) is 2.82. The Morgan fingerprint density at radius 3 is 2.29 bits per heavy atom. The van der Waals surface area contributed by atoms with Crippen molar-refractivity contribution in [2.75, 3.05) is 0 Å². The van der Waals surface area contributed by atoms with Gasteiger partial charge in [-0.15, -0.1) is 0 Å². The number of aryl methyl sites for hydroxylation is 1. The lowest BCUT2D eigenvalue weighted by Gasteiger charge is -2.13. The minimum absolute atomic E-state index is 0.597. The predicted molar refractivity (Wildman–Crippen MR) is 56.5 cm³/mol. The van der Waals surface area contributed by atoms with Gasteiger partial charge in [-0.2, -0.15) is 0 Å². The number of aliphatic carboxylic acids is 1. The lowest BCUT2D eigenvalue weighted by Crippen LogP contribution is -2.21. The summed E-state index contributed by atoms with van der Waals surface area (Å²) in [5, 5.41) is 18.3. The number of hydrogen-bond donors (Lipinski definition) is 2. The molecule has 1 rings (SSSR count). The standard InChI is InChI=1S/C10H11BrO3/c1-6-2-4-7(5-3-6)9(12)8(11)10(13)14/h2-5,8-9,12H,1H3,(H,13,14). The van der Waals surface area contributed by atoms with Gasteiger partial charge in [-0.25, -0.2) is 0 Å². The van der Waals surface area contributed by atoms with Crippen LogP contribution >= 0.6 is 15.9 Å². The minimum Gasteiger partial charge on any atom is -0.480 e. The number of hydrogen-bond acceptors (Lipinski definition) is 2. The first kappa shape index (κ1) is 11.2. The molecule has 2 N–H and O–H groups in total. The third kappa shape index (κ3) is 2.56. The molecule has 3 nitrogen and oxygen atoms in total. The van der Waals surface area contributed by atoms with Crippen LogP contribution in [0.25, 0.3) is 0 Å². The van der Waals surface area contributed by atoms with Crippen molar-refractivity contribution in [3.05, 3.63) is 35.4 Å². The first-order valence-electron chi connectivity index (χ1n) is 4.14. The van der Waals surface area contributed by atoms with E-state index in [4.69, 9.17) is 5.11 Å². The van der Waals surface area contributed by atoms with E-state index in [0.29, 0.717) is 5.56 Å². The highest BCUT2D eigenvalue weighted by molar-refractivity contribution is 9.10. The van der Waals surface area contributed by atoms with Crippen molar-refractivity contribution in [3.8, 4) is 0 Å². The number of rotatable bonds is 3. The fraction of sp³-hybridized carbons (Fsp3) is 0.300. The molecule has 0 saturated heterocycles. The first-order chi connectivity index (χ1) is 6.52. The highest BCUT2D eigenvalue weighted by Gasteiger charge is 2.24. The molecule has 2 unspecified atom stereocenters. The topological polar surface area (TPSA) is 57.5 Å². The second-order valence-corrected chi connectivity index (χ2v) is 4.08. The van der Waals surface area contributed by atoms with Crippen LogP contribution < -0.4 is 0 Å². The Morgan fingerprint density at radius 1 is 1.36 bits per heavy atom. The second kappa shape index (κ2) is 4.57. The van der Waals surface area contributed by atoms with Crippen molar-refractivity contribution in [3.63, 3.8) is 0 Å². The molecular weight excluding hydrogens is 248 g/mol. The smallest absolute Gasteiger partial charge is 0.320 e. The van der Waals surface area contributed by atoms with E-state index >= 15 is 0 Å². The minimum atomic E-state index is -1.07. The maximum absolute atomic E-state index is 10.6. The summed E-state index contributed by atoms with van der Waals surface area (Å²) in [6.45, 7) is 1.93. The van der Waals surface area contributed by atoms with Gasteiger partial charge >= 0.3 is 5.97 Å². The molecule has 2 atom stereocenters. The van der Waals surface area contributed by atoms with Crippen LogP contribution in [0.15, 0.2) is 24.3 Å². The number of carboxylic acids is 1. The van der Waals surface area contributed by atoms with Gasteiger partial charge < -0.3 is 10.2 Å². The summed E-state index contributed by atoms with van der Waals surface area (Å²) in [6, 6.07) is 7.11. The normalized spacial score (nSPS) is 14.8. The Morgan fingerprint density at radius 2 is 1.86 bits per heavy atom. The number of halogens is 1. The Labute approximate surface area is 90.5 Å². The molecule has 0 fully saturated rings. The molecule has 0 aromatic heterocycles. The Bertz CT molecular complexity index is 321. The van der Waals surface area contributed by atoms with Gasteiger partial charge in [0.25, 0.3) is 0 Å². The molecule has 1 aromatic carbocycles. The first-order valence-corrected chi connectivity index (χ1v) is 5.05. The molecule has 0 radical (unpaired) electrons. The van der Waals surface area contributed by atoms with Crippen LogP contribution in [0, 0.1) is 6.92 Å². The van der Waals surface area contributed by atoms with Crippen LogP contribution in [0.2, 0.25) is 0 Å². The number of alkyl halides is 1. The van der Waals surface area contributed by atoms with Crippen LogP contribution in [-0.4, -0.2) is 21.0 Å². The van der Waals surface area contributed by atoms with Crippen molar-refractivity contribution in [2.24, 2.45) is 0 Å². The largest absolute Gasteiger partial charge is 0.480 e. The van der Waals surface area contributed by atoms with Gasteiger partial charge in [-0.3, -0.25) is 4.79 Å². The number of carbonyl (C=O) groups is 1. The van der Waals surface area contributed by atoms with Gasteiger partial charge in [-0.1, -0.05) is 45.8 Å². The number of aliphatic hydroxyl groups excluding tert-OH is 1. The van der Waals surface area contributed by atoms with E-state index < -0.39 is 16.9 Å². The van der Waals surface area contributed by atoms with Crippen LogP contribution in [-0.2, 0) is 4.79 Å². The fourth-order valence-corrected chi connectivity index (χ4v) is 1.37. The third-order valence-electron chi connectivity index (χ3n) is 1.93. The molecular formula is C10H11BrO3. The molecule has 0 amide bonds. The maximum atomic E-state index is 10.6. The van der Waals surface area contributed by atoms with Crippen LogP contribution in [0.3, 0.4) is 0 Å². The average molecular weight is 259 g/mol. The molecule has 76 valence electrons. The van der Waals surface area contributed by atoms with Crippen molar-refractivity contribution in [1.82, 2.24) is 0 Å². The molecule has 0 spiro atoms. The summed E-state index contributed by atoms with van der Waals surface area (Å²) in [6.07, 6.45) is -1.02. The summed E-state index contributed by atoms with van der Waals surface area (Å²) < 4.78 is 0. The molecule has 0 saturated carbocycles. The lowest BCUT2D eigenvalue weighted by atomic mass is 10.1.